The minimum atomic E-state index is 0.549. The molecule has 1 saturated heterocycles. The Balaban J connectivity index is 2.22. The third-order valence-electron chi connectivity index (χ3n) is 3.17. The molecule has 2 atom stereocenters. The summed E-state index contributed by atoms with van der Waals surface area (Å²) in [7, 11) is 0. The van der Waals surface area contributed by atoms with Crippen LogP contribution in [0.3, 0.4) is 0 Å². The second-order valence-corrected chi connectivity index (χ2v) is 5.07. The smallest absolute Gasteiger partial charge is 0.0412 e. The highest BCUT2D eigenvalue weighted by Gasteiger charge is 2.24. The fourth-order valence-corrected chi connectivity index (χ4v) is 2.46. The molecule has 15 heavy (non-hydrogen) atoms. The van der Waals surface area contributed by atoms with E-state index in [2.05, 4.69) is 64.3 Å². The molecule has 1 fully saturated rings. The average Bonchev–Trinajstić information content (AvgIpc) is 2.22. The minimum absolute atomic E-state index is 0.549. The Morgan fingerprint density at radius 1 is 1.40 bits per heavy atom. The summed E-state index contributed by atoms with van der Waals surface area (Å²) in [5.74, 6) is 0. The Morgan fingerprint density at radius 2 is 2.20 bits per heavy atom. The summed E-state index contributed by atoms with van der Waals surface area (Å²) in [6.07, 6.45) is 0. The first-order chi connectivity index (χ1) is 7.18. The van der Waals surface area contributed by atoms with Gasteiger partial charge in [0.15, 0.2) is 0 Å². The van der Waals surface area contributed by atoms with Gasteiger partial charge in [0.1, 0.15) is 0 Å². The monoisotopic (exact) mass is 268 g/mol. The zero-order chi connectivity index (χ0) is 10.8. The molecule has 0 bridgehead atoms. The van der Waals surface area contributed by atoms with Crippen LogP contribution < -0.4 is 10.2 Å². The van der Waals surface area contributed by atoms with Crippen molar-refractivity contribution in [2.45, 2.75) is 25.9 Å². The number of nitrogens with zero attached hydrogens (tertiary/aromatic N) is 1. The van der Waals surface area contributed by atoms with Crippen LogP contribution in [0.15, 0.2) is 28.7 Å². The van der Waals surface area contributed by atoms with Crippen LogP contribution in [0.5, 0.6) is 0 Å². The zero-order valence-corrected chi connectivity index (χ0v) is 10.8. The first-order valence-corrected chi connectivity index (χ1v) is 6.23. The van der Waals surface area contributed by atoms with Crippen LogP contribution in [0.4, 0.5) is 5.69 Å². The lowest BCUT2D eigenvalue weighted by Gasteiger charge is -2.40. The number of piperazine rings is 1. The second-order valence-electron chi connectivity index (χ2n) is 4.16. The van der Waals surface area contributed by atoms with E-state index in [-0.39, 0.29) is 0 Å². The number of rotatable bonds is 1. The maximum absolute atomic E-state index is 3.52. The number of hydrogen-bond donors (Lipinski definition) is 1. The number of hydrogen-bond acceptors (Lipinski definition) is 2. The minimum Gasteiger partial charge on any atom is -0.366 e. The van der Waals surface area contributed by atoms with Crippen molar-refractivity contribution in [1.82, 2.24) is 5.32 Å². The Kier molecular flexibility index (Phi) is 3.32. The van der Waals surface area contributed by atoms with Crippen molar-refractivity contribution in [2.75, 3.05) is 18.0 Å². The molecular weight excluding hydrogens is 252 g/mol. The highest BCUT2D eigenvalue weighted by Crippen LogP contribution is 2.23. The van der Waals surface area contributed by atoms with E-state index in [0.29, 0.717) is 12.1 Å². The van der Waals surface area contributed by atoms with E-state index in [1.807, 2.05) is 0 Å². The van der Waals surface area contributed by atoms with Crippen LogP contribution in [0.1, 0.15) is 13.8 Å². The fourth-order valence-electron chi connectivity index (χ4n) is 2.08. The molecule has 2 rings (SSSR count). The Morgan fingerprint density at radius 3 is 2.93 bits per heavy atom. The maximum atomic E-state index is 3.52. The van der Waals surface area contributed by atoms with Crippen LogP contribution in [0.2, 0.25) is 0 Å². The van der Waals surface area contributed by atoms with Crippen LogP contribution in [-0.4, -0.2) is 25.2 Å². The number of nitrogens with one attached hydrogen (secondary N) is 1. The van der Waals surface area contributed by atoms with Crippen LogP contribution in [-0.2, 0) is 0 Å². The maximum Gasteiger partial charge on any atom is 0.0412 e. The van der Waals surface area contributed by atoms with E-state index < -0.39 is 0 Å². The third kappa shape index (κ3) is 2.34. The SMILES string of the molecule is CC1NCCN(c2cccc(Br)c2)C1C. The molecule has 0 spiro atoms. The number of anilines is 1. The van der Waals surface area contributed by atoms with Gasteiger partial charge in [0, 0.05) is 35.3 Å². The summed E-state index contributed by atoms with van der Waals surface area (Å²) < 4.78 is 1.15. The van der Waals surface area contributed by atoms with Gasteiger partial charge in [-0.1, -0.05) is 22.0 Å². The normalized spacial score (nSPS) is 26.7. The van der Waals surface area contributed by atoms with Crippen LogP contribution in [0, 0.1) is 0 Å². The van der Waals surface area contributed by atoms with E-state index in [4.69, 9.17) is 0 Å². The van der Waals surface area contributed by atoms with Gasteiger partial charge in [-0.2, -0.15) is 0 Å². The molecule has 0 aliphatic carbocycles. The third-order valence-corrected chi connectivity index (χ3v) is 3.67. The van der Waals surface area contributed by atoms with Gasteiger partial charge in [-0.15, -0.1) is 0 Å². The molecule has 3 heteroatoms. The Hall–Kier alpha value is -0.540. The summed E-state index contributed by atoms with van der Waals surface area (Å²) in [5, 5.41) is 3.49. The molecule has 0 amide bonds. The molecular formula is C12H17BrN2. The topological polar surface area (TPSA) is 15.3 Å². The second kappa shape index (κ2) is 4.54. The van der Waals surface area contributed by atoms with Gasteiger partial charge in [-0.3, -0.25) is 0 Å². The first kappa shape index (κ1) is 11.0. The Bertz CT molecular complexity index is 340. The molecule has 1 aromatic carbocycles. The predicted octanol–water partition coefficient (Wildman–Crippen LogP) is 2.64. The van der Waals surface area contributed by atoms with Gasteiger partial charge in [0.2, 0.25) is 0 Å². The first-order valence-electron chi connectivity index (χ1n) is 5.44. The number of halogens is 1. The van der Waals surface area contributed by atoms with Crippen molar-refractivity contribution in [2.24, 2.45) is 0 Å². The number of benzene rings is 1. The van der Waals surface area contributed by atoms with E-state index in [0.717, 1.165) is 17.6 Å². The fraction of sp³-hybridized carbons (Fsp3) is 0.500. The summed E-state index contributed by atoms with van der Waals surface area (Å²) in [4.78, 5) is 2.46. The van der Waals surface area contributed by atoms with E-state index in [1.165, 1.54) is 5.69 Å². The zero-order valence-electron chi connectivity index (χ0n) is 9.20. The molecule has 0 aromatic heterocycles. The van der Waals surface area contributed by atoms with Gasteiger partial charge in [0.25, 0.3) is 0 Å². The lowest BCUT2D eigenvalue weighted by Crippen LogP contribution is -2.55. The van der Waals surface area contributed by atoms with E-state index >= 15 is 0 Å². The summed E-state index contributed by atoms with van der Waals surface area (Å²) in [5.41, 5.74) is 1.31. The van der Waals surface area contributed by atoms with Gasteiger partial charge < -0.3 is 10.2 Å². The van der Waals surface area contributed by atoms with Crippen molar-refractivity contribution in [3.8, 4) is 0 Å². The van der Waals surface area contributed by atoms with Gasteiger partial charge in [0.05, 0.1) is 0 Å². The van der Waals surface area contributed by atoms with Crippen molar-refractivity contribution in [3.63, 3.8) is 0 Å². The molecule has 1 aliphatic heterocycles. The molecule has 1 N–H and O–H groups in total. The van der Waals surface area contributed by atoms with Crippen LogP contribution in [0.25, 0.3) is 0 Å². The van der Waals surface area contributed by atoms with E-state index in [1.54, 1.807) is 0 Å². The molecule has 1 aliphatic rings. The van der Waals surface area contributed by atoms with Crippen LogP contribution >= 0.6 is 15.9 Å². The highest BCUT2D eigenvalue weighted by atomic mass is 79.9. The quantitative estimate of drug-likeness (QED) is 0.843. The van der Waals surface area contributed by atoms with Crippen molar-refractivity contribution in [3.05, 3.63) is 28.7 Å². The lowest BCUT2D eigenvalue weighted by molar-refractivity contribution is 0.404. The van der Waals surface area contributed by atoms with E-state index in [9.17, 15) is 0 Å². The molecule has 82 valence electrons. The predicted molar refractivity (Wildman–Crippen MR) is 68.4 cm³/mol. The van der Waals surface area contributed by atoms with Gasteiger partial charge in [-0.25, -0.2) is 0 Å². The Labute approximate surface area is 99.8 Å². The standard InChI is InChI=1S/C12H17BrN2/c1-9-10(2)15(7-6-14-9)12-5-3-4-11(13)8-12/h3-5,8-10,14H,6-7H2,1-2H3. The summed E-state index contributed by atoms with van der Waals surface area (Å²) in [6.45, 7) is 6.67. The molecule has 2 nitrogen and oxygen atoms in total. The molecule has 1 heterocycles. The molecule has 1 aromatic rings. The lowest BCUT2D eigenvalue weighted by atomic mass is 10.1. The molecule has 2 unspecified atom stereocenters. The molecule has 0 saturated carbocycles. The van der Waals surface area contributed by atoms with Crippen molar-refractivity contribution >= 4 is 21.6 Å². The highest BCUT2D eigenvalue weighted by molar-refractivity contribution is 9.10. The summed E-state index contributed by atoms with van der Waals surface area (Å²) >= 11 is 3.52. The molecule has 0 radical (unpaired) electrons. The van der Waals surface area contributed by atoms with Crippen molar-refractivity contribution in [1.29, 1.82) is 0 Å². The van der Waals surface area contributed by atoms with Crippen molar-refractivity contribution < 1.29 is 0 Å². The van der Waals surface area contributed by atoms with Gasteiger partial charge >= 0.3 is 0 Å². The average molecular weight is 269 g/mol. The van der Waals surface area contributed by atoms with Gasteiger partial charge in [-0.05, 0) is 32.0 Å². The largest absolute Gasteiger partial charge is 0.366 e. The summed E-state index contributed by atoms with van der Waals surface area (Å²) in [6, 6.07) is 9.64.